The predicted molar refractivity (Wildman–Crippen MR) is 62.2 cm³/mol. The zero-order valence-electron chi connectivity index (χ0n) is 9.36. The van der Waals surface area contributed by atoms with Crippen molar-refractivity contribution in [3.8, 4) is 5.75 Å². The Morgan fingerprint density at radius 1 is 1.33 bits per heavy atom. The molecule has 1 heterocycles. The fourth-order valence-corrected chi connectivity index (χ4v) is 2.14. The molecule has 1 aliphatic rings. The summed E-state index contributed by atoms with van der Waals surface area (Å²) >= 11 is 0. The fraction of sp³-hybridized carbons (Fsp3) is 0.538. The fourth-order valence-electron chi connectivity index (χ4n) is 2.14. The van der Waals surface area contributed by atoms with Crippen molar-refractivity contribution in [1.29, 1.82) is 0 Å². The second-order valence-electron chi connectivity index (χ2n) is 4.39. The van der Waals surface area contributed by atoms with E-state index < -0.39 is 0 Å². The summed E-state index contributed by atoms with van der Waals surface area (Å²) in [5.41, 5.74) is 0. The lowest BCUT2D eigenvalue weighted by Crippen LogP contribution is -2.34. The minimum absolute atomic E-state index is 0.698. The van der Waals surface area contributed by atoms with E-state index in [4.69, 9.17) is 4.74 Å². The van der Waals surface area contributed by atoms with Gasteiger partial charge < -0.3 is 9.64 Å². The van der Waals surface area contributed by atoms with Crippen molar-refractivity contribution >= 4 is 0 Å². The van der Waals surface area contributed by atoms with Gasteiger partial charge in [-0.2, -0.15) is 0 Å². The molecule has 0 saturated carbocycles. The first kappa shape index (κ1) is 10.5. The molecule has 82 valence electrons. The summed E-state index contributed by atoms with van der Waals surface area (Å²) in [6.07, 6.45) is 2.61. The minimum atomic E-state index is 0.698. The summed E-state index contributed by atoms with van der Waals surface area (Å²) in [6.45, 7) is 3.27. The van der Waals surface area contributed by atoms with Crippen LogP contribution in [0.3, 0.4) is 0 Å². The van der Waals surface area contributed by atoms with Gasteiger partial charge in [-0.05, 0) is 38.6 Å². The maximum Gasteiger partial charge on any atom is 0.119 e. The topological polar surface area (TPSA) is 12.5 Å². The van der Waals surface area contributed by atoms with Gasteiger partial charge in [0.1, 0.15) is 5.75 Å². The number of ether oxygens (including phenoxy) is 1. The van der Waals surface area contributed by atoms with Crippen molar-refractivity contribution in [2.75, 3.05) is 26.7 Å². The number of hydrogen-bond donors (Lipinski definition) is 0. The molecule has 1 aliphatic heterocycles. The third kappa shape index (κ3) is 3.24. The third-order valence-corrected chi connectivity index (χ3v) is 2.95. The number of para-hydroxylation sites is 1. The summed E-state index contributed by atoms with van der Waals surface area (Å²) < 4.78 is 5.77. The van der Waals surface area contributed by atoms with Crippen LogP contribution in [0, 0.1) is 5.92 Å². The van der Waals surface area contributed by atoms with E-state index in [9.17, 15) is 0 Å². The van der Waals surface area contributed by atoms with Crippen molar-refractivity contribution in [3.63, 3.8) is 0 Å². The highest BCUT2D eigenvalue weighted by Crippen LogP contribution is 2.17. The molecule has 2 heteroatoms. The highest BCUT2D eigenvalue weighted by Gasteiger charge is 2.17. The van der Waals surface area contributed by atoms with Gasteiger partial charge in [0.15, 0.2) is 0 Å². The third-order valence-electron chi connectivity index (χ3n) is 2.95. The van der Waals surface area contributed by atoms with Gasteiger partial charge in [0.25, 0.3) is 0 Å². The largest absolute Gasteiger partial charge is 0.493 e. The van der Waals surface area contributed by atoms with Gasteiger partial charge >= 0.3 is 0 Å². The molecule has 0 aromatic heterocycles. The van der Waals surface area contributed by atoms with E-state index in [0.29, 0.717) is 5.92 Å². The predicted octanol–water partition coefficient (Wildman–Crippen LogP) is 2.41. The molecule has 1 saturated heterocycles. The van der Waals surface area contributed by atoms with Crippen LogP contribution in [0.1, 0.15) is 12.8 Å². The molecule has 0 spiro atoms. The lowest BCUT2D eigenvalue weighted by Gasteiger charge is -2.29. The Balaban J connectivity index is 1.78. The van der Waals surface area contributed by atoms with Gasteiger partial charge in [-0.3, -0.25) is 0 Å². The summed E-state index contributed by atoms with van der Waals surface area (Å²) in [5, 5.41) is 0. The highest BCUT2D eigenvalue weighted by atomic mass is 16.5. The summed E-state index contributed by atoms with van der Waals surface area (Å²) in [6, 6.07) is 10.1. The Hall–Kier alpha value is -1.02. The molecule has 0 bridgehead atoms. The van der Waals surface area contributed by atoms with E-state index in [0.717, 1.165) is 12.4 Å². The van der Waals surface area contributed by atoms with Crippen LogP contribution in [0.5, 0.6) is 5.75 Å². The first-order valence-corrected chi connectivity index (χ1v) is 5.71. The Morgan fingerprint density at radius 2 is 2.13 bits per heavy atom. The van der Waals surface area contributed by atoms with Crippen LogP contribution in [0.2, 0.25) is 0 Å². The molecular weight excluding hydrogens is 186 g/mol. The average molecular weight is 205 g/mol. The highest BCUT2D eigenvalue weighted by molar-refractivity contribution is 5.20. The van der Waals surface area contributed by atoms with Crippen LogP contribution >= 0.6 is 0 Å². The first-order valence-electron chi connectivity index (χ1n) is 5.71. The van der Waals surface area contributed by atoms with Gasteiger partial charge in [-0.1, -0.05) is 18.2 Å². The lowest BCUT2D eigenvalue weighted by atomic mass is 10.00. The number of piperidine rings is 1. The maximum atomic E-state index is 5.77. The lowest BCUT2D eigenvalue weighted by molar-refractivity contribution is 0.150. The van der Waals surface area contributed by atoms with Crippen molar-refractivity contribution < 1.29 is 4.74 Å². The van der Waals surface area contributed by atoms with Crippen molar-refractivity contribution in [3.05, 3.63) is 30.3 Å². The molecule has 1 atom stereocenters. The molecular formula is C13H19NO. The molecule has 1 aromatic rings. The van der Waals surface area contributed by atoms with Crippen LogP contribution in [-0.2, 0) is 0 Å². The number of likely N-dealkylation sites (tertiary alicyclic amines) is 1. The van der Waals surface area contributed by atoms with E-state index >= 15 is 0 Å². The van der Waals surface area contributed by atoms with Crippen LogP contribution < -0.4 is 4.74 Å². The number of nitrogens with zero attached hydrogens (tertiary/aromatic N) is 1. The summed E-state index contributed by atoms with van der Waals surface area (Å²) in [7, 11) is 2.19. The summed E-state index contributed by atoms with van der Waals surface area (Å²) in [5.74, 6) is 1.69. The normalized spacial score (nSPS) is 22.6. The second kappa shape index (κ2) is 5.17. The smallest absolute Gasteiger partial charge is 0.119 e. The first-order chi connectivity index (χ1) is 7.34. The molecule has 2 rings (SSSR count). The zero-order chi connectivity index (χ0) is 10.5. The van der Waals surface area contributed by atoms with Crippen molar-refractivity contribution in [2.24, 2.45) is 5.92 Å². The second-order valence-corrected chi connectivity index (χ2v) is 4.39. The van der Waals surface area contributed by atoms with E-state index in [2.05, 4.69) is 11.9 Å². The molecule has 15 heavy (non-hydrogen) atoms. The van der Waals surface area contributed by atoms with E-state index in [1.165, 1.54) is 25.9 Å². The average Bonchev–Trinajstić information content (AvgIpc) is 2.28. The van der Waals surface area contributed by atoms with Crippen LogP contribution in [-0.4, -0.2) is 31.6 Å². The Bertz CT molecular complexity index is 286. The number of rotatable bonds is 3. The minimum Gasteiger partial charge on any atom is -0.493 e. The molecule has 2 nitrogen and oxygen atoms in total. The van der Waals surface area contributed by atoms with Crippen molar-refractivity contribution in [2.45, 2.75) is 12.8 Å². The van der Waals surface area contributed by atoms with E-state index in [1.807, 2.05) is 30.3 Å². The van der Waals surface area contributed by atoms with Gasteiger partial charge in [-0.15, -0.1) is 0 Å². The van der Waals surface area contributed by atoms with Gasteiger partial charge in [0, 0.05) is 12.5 Å². The number of benzene rings is 1. The molecule has 1 aromatic carbocycles. The maximum absolute atomic E-state index is 5.77. The van der Waals surface area contributed by atoms with Crippen LogP contribution in [0.15, 0.2) is 30.3 Å². The Kier molecular flexibility index (Phi) is 3.62. The molecule has 0 radical (unpaired) electrons. The van der Waals surface area contributed by atoms with Crippen LogP contribution in [0.4, 0.5) is 0 Å². The van der Waals surface area contributed by atoms with Gasteiger partial charge in [0.2, 0.25) is 0 Å². The SMILES string of the molecule is CN1CCC[C@H](COc2ccccc2)C1. The quantitative estimate of drug-likeness (QED) is 0.751. The van der Waals surface area contributed by atoms with E-state index in [-0.39, 0.29) is 0 Å². The molecule has 1 fully saturated rings. The van der Waals surface area contributed by atoms with Gasteiger partial charge in [0.05, 0.1) is 6.61 Å². The van der Waals surface area contributed by atoms with E-state index in [1.54, 1.807) is 0 Å². The Labute approximate surface area is 91.9 Å². The molecule has 0 amide bonds. The Morgan fingerprint density at radius 3 is 2.87 bits per heavy atom. The van der Waals surface area contributed by atoms with Crippen LogP contribution in [0.25, 0.3) is 0 Å². The van der Waals surface area contributed by atoms with Gasteiger partial charge in [-0.25, -0.2) is 0 Å². The summed E-state index contributed by atoms with van der Waals surface area (Å²) in [4.78, 5) is 2.39. The molecule has 0 aliphatic carbocycles. The molecule has 0 unspecified atom stereocenters. The molecule has 0 N–H and O–H groups in total. The number of hydrogen-bond acceptors (Lipinski definition) is 2. The standard InChI is InChI=1S/C13H19NO/c1-14-9-5-6-12(10-14)11-15-13-7-3-2-4-8-13/h2-4,7-8,12H,5-6,9-11H2,1H3/t12-/m0/s1. The monoisotopic (exact) mass is 205 g/mol. The zero-order valence-corrected chi connectivity index (χ0v) is 9.36. The van der Waals surface area contributed by atoms with Crippen molar-refractivity contribution in [1.82, 2.24) is 4.90 Å².